The van der Waals surface area contributed by atoms with Crippen LogP contribution in [0, 0.1) is 39.9 Å². The number of esters is 2. The van der Waals surface area contributed by atoms with E-state index in [0.29, 0.717) is 17.3 Å². The van der Waals surface area contributed by atoms with Gasteiger partial charge >= 0.3 is 11.9 Å². The molecule has 5 nitrogen and oxygen atoms in total. The van der Waals surface area contributed by atoms with Gasteiger partial charge in [-0.1, -0.05) is 53.2 Å². The zero-order valence-corrected chi connectivity index (χ0v) is 19.6. The smallest absolute Gasteiger partial charge is 0.310 e. The van der Waals surface area contributed by atoms with E-state index < -0.39 is 12.1 Å². The highest BCUT2D eigenvalue weighted by molar-refractivity contribution is 5.75. The first-order valence-corrected chi connectivity index (χ1v) is 11.6. The minimum absolute atomic E-state index is 0.0943. The summed E-state index contributed by atoms with van der Waals surface area (Å²) < 4.78 is 10.6. The summed E-state index contributed by atoms with van der Waals surface area (Å²) in [6.45, 7) is 12.5. The lowest BCUT2D eigenvalue weighted by atomic mass is 9.40. The molecule has 1 unspecified atom stereocenters. The first kappa shape index (κ1) is 23.3. The van der Waals surface area contributed by atoms with Gasteiger partial charge in [0.1, 0.15) is 6.61 Å². The number of aliphatic hydroxyl groups excluding tert-OH is 1. The lowest BCUT2D eigenvalue weighted by Crippen LogP contribution is -2.59. The van der Waals surface area contributed by atoms with Gasteiger partial charge in [0.2, 0.25) is 0 Å². The van der Waals surface area contributed by atoms with Crippen LogP contribution in [0.3, 0.4) is 0 Å². The molecule has 0 radical (unpaired) electrons. The number of carbonyl (C=O) groups excluding carboxylic acids is 2. The van der Waals surface area contributed by atoms with Crippen molar-refractivity contribution in [1.29, 1.82) is 0 Å². The molecule has 0 aromatic carbocycles. The number of fused-ring (bicyclic) bond motifs is 3. The number of aliphatic hydroxyl groups is 1. The van der Waals surface area contributed by atoms with Crippen molar-refractivity contribution in [1.82, 2.24) is 0 Å². The van der Waals surface area contributed by atoms with Gasteiger partial charge in [-0.25, -0.2) is 0 Å². The average molecular weight is 421 g/mol. The Labute approximate surface area is 181 Å². The van der Waals surface area contributed by atoms with Crippen LogP contribution < -0.4 is 0 Å². The highest BCUT2D eigenvalue weighted by Gasteiger charge is 2.62. The van der Waals surface area contributed by atoms with Crippen LogP contribution in [0.4, 0.5) is 0 Å². The summed E-state index contributed by atoms with van der Waals surface area (Å²) in [7, 11) is 0. The maximum absolute atomic E-state index is 13.3. The van der Waals surface area contributed by atoms with Crippen LogP contribution in [0.25, 0.3) is 0 Å². The van der Waals surface area contributed by atoms with E-state index in [2.05, 4.69) is 46.8 Å². The molecule has 0 aromatic rings. The summed E-state index contributed by atoms with van der Waals surface area (Å²) in [6, 6.07) is 0. The van der Waals surface area contributed by atoms with Crippen molar-refractivity contribution >= 4 is 11.9 Å². The first-order chi connectivity index (χ1) is 14.0. The normalized spacial score (nSPS) is 40.6. The van der Waals surface area contributed by atoms with Gasteiger partial charge in [0, 0.05) is 6.92 Å². The van der Waals surface area contributed by atoms with Crippen LogP contribution in [0.15, 0.2) is 12.2 Å². The molecule has 3 rings (SSSR count). The number of allylic oxidation sites excluding steroid dienone is 2. The van der Waals surface area contributed by atoms with E-state index in [4.69, 9.17) is 9.47 Å². The largest absolute Gasteiger partial charge is 0.461 e. The molecule has 0 heterocycles. The maximum Gasteiger partial charge on any atom is 0.310 e. The molecule has 3 aliphatic carbocycles. The monoisotopic (exact) mass is 420 g/mol. The quantitative estimate of drug-likeness (QED) is 0.523. The van der Waals surface area contributed by atoms with Gasteiger partial charge in [-0.2, -0.15) is 0 Å². The molecule has 3 aliphatic rings. The van der Waals surface area contributed by atoms with Crippen LogP contribution in [-0.2, 0) is 19.1 Å². The first-order valence-electron chi connectivity index (χ1n) is 11.6. The fourth-order valence-electron chi connectivity index (χ4n) is 7.52. The zero-order valence-electron chi connectivity index (χ0n) is 19.6. The number of carbonyl (C=O) groups is 2. The topological polar surface area (TPSA) is 72.8 Å². The minimum Gasteiger partial charge on any atom is -0.461 e. The van der Waals surface area contributed by atoms with E-state index >= 15 is 0 Å². The summed E-state index contributed by atoms with van der Waals surface area (Å²) in [6.07, 6.45) is 9.70. The van der Waals surface area contributed by atoms with Gasteiger partial charge in [0.15, 0.2) is 6.10 Å². The predicted molar refractivity (Wildman–Crippen MR) is 115 cm³/mol. The zero-order chi connectivity index (χ0) is 22.3. The molecule has 0 aliphatic heterocycles. The van der Waals surface area contributed by atoms with Crippen molar-refractivity contribution in [2.24, 2.45) is 39.9 Å². The van der Waals surface area contributed by atoms with Crippen LogP contribution in [0.1, 0.15) is 73.6 Å². The second kappa shape index (κ2) is 8.29. The SMILES string of the molecule is CC(=O)O[C@@H](CO)COC(=O)C1[C@H](C)C=C[C@H]2[C@]3(C)CCCC(C)(C)[C@H]3CC[C@]12C. The summed E-state index contributed by atoms with van der Waals surface area (Å²) in [4.78, 5) is 24.5. The van der Waals surface area contributed by atoms with E-state index in [-0.39, 0.29) is 41.8 Å². The molecule has 30 heavy (non-hydrogen) atoms. The highest BCUT2D eigenvalue weighted by Crippen LogP contribution is 2.67. The van der Waals surface area contributed by atoms with Gasteiger partial charge in [0.25, 0.3) is 0 Å². The Balaban J connectivity index is 1.83. The lowest BCUT2D eigenvalue weighted by Gasteiger charge is -2.64. The van der Waals surface area contributed by atoms with Crippen LogP contribution >= 0.6 is 0 Å². The van der Waals surface area contributed by atoms with Crippen molar-refractivity contribution < 1.29 is 24.2 Å². The van der Waals surface area contributed by atoms with E-state index in [1.165, 1.54) is 26.2 Å². The van der Waals surface area contributed by atoms with Crippen molar-refractivity contribution in [3.63, 3.8) is 0 Å². The Hall–Kier alpha value is -1.36. The Morgan fingerprint density at radius 3 is 2.43 bits per heavy atom. The predicted octanol–water partition coefficient (Wildman–Crippen LogP) is 4.52. The standard InChI is InChI=1S/C25H40O5/c1-16-8-9-20-24(5)12-7-11-23(3,4)19(24)10-13-25(20,6)21(16)22(28)29-15-18(14-26)30-17(2)27/h8-9,16,18-21,26H,7,10-15H2,1-6H3/t16-,18+,19-,20+,21?,24-,25+/m1/s1. The van der Waals surface area contributed by atoms with Crippen molar-refractivity contribution in [3.8, 4) is 0 Å². The molecule has 0 bridgehead atoms. The Morgan fingerprint density at radius 2 is 1.80 bits per heavy atom. The molecule has 170 valence electrons. The van der Waals surface area contributed by atoms with Gasteiger partial charge in [-0.3, -0.25) is 9.59 Å². The molecule has 2 saturated carbocycles. The third-order valence-electron chi connectivity index (χ3n) is 8.71. The van der Waals surface area contributed by atoms with Crippen molar-refractivity contribution in [2.45, 2.75) is 79.8 Å². The van der Waals surface area contributed by atoms with Crippen molar-refractivity contribution in [3.05, 3.63) is 12.2 Å². The minimum atomic E-state index is -0.808. The second-order valence-electron chi connectivity index (χ2n) is 11.2. The van der Waals surface area contributed by atoms with E-state index in [9.17, 15) is 14.7 Å². The third-order valence-corrected chi connectivity index (χ3v) is 8.71. The molecular formula is C25H40O5. The second-order valence-corrected chi connectivity index (χ2v) is 11.2. The molecule has 0 spiro atoms. The van der Waals surface area contributed by atoms with Crippen molar-refractivity contribution in [2.75, 3.05) is 13.2 Å². The Bertz CT molecular complexity index is 698. The molecular weight excluding hydrogens is 380 g/mol. The van der Waals surface area contributed by atoms with Crippen LogP contribution in [0.2, 0.25) is 0 Å². The molecule has 2 fully saturated rings. The van der Waals surface area contributed by atoms with Gasteiger partial charge in [0.05, 0.1) is 12.5 Å². The van der Waals surface area contributed by atoms with E-state index in [0.717, 1.165) is 12.8 Å². The van der Waals surface area contributed by atoms with Gasteiger partial charge in [-0.05, 0) is 59.7 Å². The number of hydrogen-bond donors (Lipinski definition) is 1. The third kappa shape index (κ3) is 3.94. The molecule has 1 N–H and O–H groups in total. The van der Waals surface area contributed by atoms with Gasteiger partial charge in [-0.15, -0.1) is 0 Å². The van der Waals surface area contributed by atoms with E-state index in [1.54, 1.807) is 0 Å². The molecule has 5 heteroatoms. The van der Waals surface area contributed by atoms with Gasteiger partial charge < -0.3 is 14.6 Å². The number of ether oxygens (including phenoxy) is 2. The number of rotatable bonds is 5. The molecule has 7 atom stereocenters. The average Bonchev–Trinajstić information content (AvgIpc) is 2.63. The fraction of sp³-hybridized carbons (Fsp3) is 0.840. The van der Waals surface area contributed by atoms with Crippen LogP contribution in [-0.4, -0.2) is 36.4 Å². The summed E-state index contributed by atoms with van der Waals surface area (Å²) in [5.41, 5.74) is 0.370. The highest BCUT2D eigenvalue weighted by atomic mass is 16.6. The Kier molecular flexibility index (Phi) is 6.44. The van der Waals surface area contributed by atoms with Crippen LogP contribution in [0.5, 0.6) is 0 Å². The maximum atomic E-state index is 13.3. The molecule has 0 aromatic heterocycles. The lowest BCUT2D eigenvalue weighted by molar-refractivity contribution is -0.179. The number of hydrogen-bond acceptors (Lipinski definition) is 5. The summed E-state index contributed by atoms with van der Waals surface area (Å²) in [5, 5.41) is 9.42. The summed E-state index contributed by atoms with van der Waals surface area (Å²) in [5.74, 6) is 0.150. The molecule has 0 amide bonds. The van der Waals surface area contributed by atoms with E-state index in [1.807, 2.05) is 0 Å². The fourth-order valence-corrected chi connectivity index (χ4v) is 7.52. The Morgan fingerprint density at radius 1 is 1.10 bits per heavy atom. The molecule has 0 saturated heterocycles. The summed E-state index contributed by atoms with van der Waals surface area (Å²) >= 11 is 0.